The smallest absolute Gasteiger partial charge is 0.235 e. The lowest BCUT2D eigenvalue weighted by Gasteiger charge is -2.52. The van der Waals surface area contributed by atoms with Gasteiger partial charge in [-0.2, -0.15) is 0 Å². The number of phenolic OH excluding ortho intramolecular Hbond substituents is 1. The number of phenols is 1. The van der Waals surface area contributed by atoms with Crippen LogP contribution in [0.1, 0.15) is 47.2 Å². The Hall–Kier alpha value is -2.95. The minimum absolute atomic E-state index is 0.0566. The molecule has 1 aliphatic heterocycles. The number of hydrogen-bond donors (Lipinski definition) is 3. The molecule has 198 valence electrons. The summed E-state index contributed by atoms with van der Waals surface area (Å²) >= 11 is 0. The highest BCUT2D eigenvalue weighted by molar-refractivity contribution is 6.32. The molecule has 3 fully saturated rings. The Labute approximate surface area is 214 Å². The second-order valence-corrected chi connectivity index (χ2v) is 11.2. The molecule has 4 N–H and O–H groups in total. The van der Waals surface area contributed by atoms with Crippen molar-refractivity contribution in [1.82, 2.24) is 9.80 Å². The Balaban J connectivity index is 1.58. The van der Waals surface area contributed by atoms with Gasteiger partial charge in [-0.3, -0.25) is 33.8 Å². The van der Waals surface area contributed by atoms with E-state index in [0.717, 1.165) is 31.5 Å². The van der Waals surface area contributed by atoms with Crippen molar-refractivity contribution in [2.45, 2.75) is 50.3 Å². The molecule has 1 amide bonds. The molecule has 10 heteroatoms. The number of nitrogens with zero attached hydrogens (tertiary/aromatic N) is 2. The minimum Gasteiger partial charge on any atom is -0.507 e. The summed E-state index contributed by atoms with van der Waals surface area (Å²) in [4.78, 5) is 69.9. The van der Waals surface area contributed by atoms with Crippen molar-refractivity contribution in [2.75, 3.05) is 27.2 Å². The van der Waals surface area contributed by atoms with Crippen LogP contribution in [0.25, 0.3) is 0 Å². The molecule has 2 saturated carbocycles. The number of nitrogens with two attached hydrogens (primary N) is 1. The summed E-state index contributed by atoms with van der Waals surface area (Å²) in [5.74, 6) is -10.1. The van der Waals surface area contributed by atoms with Gasteiger partial charge in [0.1, 0.15) is 5.75 Å². The van der Waals surface area contributed by atoms with Crippen LogP contribution in [0.2, 0.25) is 0 Å². The second kappa shape index (κ2) is 9.11. The van der Waals surface area contributed by atoms with E-state index in [1.807, 2.05) is 6.07 Å². The van der Waals surface area contributed by atoms with Gasteiger partial charge in [-0.15, -0.1) is 0 Å². The molecule has 5 rings (SSSR count). The number of piperidine rings is 1. The number of likely N-dealkylation sites (N-methyl/N-ethyl adjacent to an activating group) is 1. The Kier molecular flexibility index (Phi) is 6.32. The monoisotopic (exact) mass is 511 g/mol. The first kappa shape index (κ1) is 25.7. The van der Waals surface area contributed by atoms with Crippen LogP contribution in [0.5, 0.6) is 5.75 Å². The maximum atomic E-state index is 13.8. The van der Waals surface area contributed by atoms with Crippen molar-refractivity contribution in [3.8, 4) is 5.75 Å². The number of hydrogen-bond acceptors (Lipinski definition) is 9. The lowest BCUT2D eigenvalue weighted by molar-refractivity contribution is -0.181. The zero-order valence-corrected chi connectivity index (χ0v) is 21.1. The van der Waals surface area contributed by atoms with Gasteiger partial charge in [0.2, 0.25) is 5.91 Å². The van der Waals surface area contributed by atoms with Crippen molar-refractivity contribution < 1.29 is 34.2 Å². The van der Waals surface area contributed by atoms with Crippen LogP contribution in [-0.4, -0.2) is 87.9 Å². The Morgan fingerprint density at radius 1 is 1.11 bits per heavy atom. The number of aliphatic hydroxyl groups is 1. The van der Waals surface area contributed by atoms with E-state index in [9.17, 15) is 34.2 Å². The van der Waals surface area contributed by atoms with Gasteiger partial charge in [0.25, 0.3) is 0 Å². The van der Waals surface area contributed by atoms with E-state index in [1.165, 1.54) is 17.4 Å². The quantitative estimate of drug-likeness (QED) is 0.468. The standard InChI is InChI=1S/C27H33N3O7/c1-29(2)21-16-11-14-10-15-13(12-30-8-4-3-5-9-30)6-7-17(31)19(15)22(32)18(14)24(34)27(16,37)25(35)20(23(21)33)26(28)36/h6-7,14,16,18,20-21,31,37H,3-5,8-12H2,1-2H3,(H2,28,36)/t14-,16-,18?,20?,21-,27-/m0/s1. The van der Waals surface area contributed by atoms with Gasteiger partial charge in [0.05, 0.1) is 17.5 Å². The van der Waals surface area contributed by atoms with Gasteiger partial charge in [-0.1, -0.05) is 12.5 Å². The number of likely N-dealkylation sites (tertiary alicyclic amines) is 1. The van der Waals surface area contributed by atoms with Crippen LogP contribution < -0.4 is 5.73 Å². The van der Waals surface area contributed by atoms with Gasteiger partial charge in [0.15, 0.2) is 34.7 Å². The molecule has 37 heavy (non-hydrogen) atoms. The first-order valence-corrected chi connectivity index (χ1v) is 12.9. The Morgan fingerprint density at radius 2 is 1.78 bits per heavy atom. The molecule has 1 aromatic rings. The molecular formula is C27H33N3O7. The van der Waals surface area contributed by atoms with Gasteiger partial charge in [-0.05, 0) is 76.0 Å². The first-order chi connectivity index (χ1) is 17.5. The van der Waals surface area contributed by atoms with Crippen LogP contribution in [0.15, 0.2) is 12.1 Å². The predicted molar refractivity (Wildman–Crippen MR) is 130 cm³/mol. The molecule has 4 aliphatic rings. The van der Waals surface area contributed by atoms with E-state index >= 15 is 0 Å². The summed E-state index contributed by atoms with van der Waals surface area (Å²) in [5, 5.41) is 22.3. The number of carbonyl (C=O) groups excluding carboxylic acids is 5. The van der Waals surface area contributed by atoms with Crippen LogP contribution in [0.3, 0.4) is 0 Å². The van der Waals surface area contributed by atoms with Crippen molar-refractivity contribution in [1.29, 1.82) is 0 Å². The predicted octanol–water partition coefficient (Wildman–Crippen LogP) is -0.147. The van der Waals surface area contributed by atoms with Gasteiger partial charge in [-0.25, -0.2) is 0 Å². The summed E-state index contributed by atoms with van der Waals surface area (Å²) in [7, 11) is 3.15. The molecule has 0 spiro atoms. The van der Waals surface area contributed by atoms with E-state index in [-0.39, 0.29) is 17.7 Å². The maximum absolute atomic E-state index is 13.8. The van der Waals surface area contributed by atoms with E-state index in [4.69, 9.17) is 5.73 Å². The number of ketones is 4. The van der Waals surface area contributed by atoms with Gasteiger partial charge in [0, 0.05) is 12.5 Å². The summed E-state index contributed by atoms with van der Waals surface area (Å²) in [6.45, 7) is 2.50. The van der Waals surface area contributed by atoms with E-state index < -0.39 is 64.4 Å². The average molecular weight is 512 g/mol. The first-order valence-electron chi connectivity index (χ1n) is 12.9. The molecular weight excluding hydrogens is 478 g/mol. The van der Waals surface area contributed by atoms with E-state index in [0.29, 0.717) is 18.5 Å². The summed E-state index contributed by atoms with van der Waals surface area (Å²) in [6, 6.07) is 2.17. The van der Waals surface area contributed by atoms with E-state index in [2.05, 4.69) is 4.90 Å². The number of rotatable bonds is 4. The number of Topliss-reactive ketones (excluding diaryl/α,β-unsaturated/α-hetero) is 4. The van der Waals surface area contributed by atoms with Crippen LogP contribution in [-0.2, 0) is 32.1 Å². The topological polar surface area (TPSA) is 158 Å². The maximum Gasteiger partial charge on any atom is 0.235 e. The third-order valence-electron chi connectivity index (χ3n) is 8.88. The zero-order chi connectivity index (χ0) is 26.8. The zero-order valence-electron chi connectivity index (χ0n) is 21.1. The number of fused-ring (bicyclic) bond motifs is 3. The molecule has 0 aromatic heterocycles. The molecule has 0 radical (unpaired) electrons. The van der Waals surface area contributed by atoms with Crippen LogP contribution in [0.4, 0.5) is 0 Å². The lowest BCUT2D eigenvalue weighted by Crippen LogP contribution is -2.74. The van der Waals surface area contributed by atoms with Crippen molar-refractivity contribution in [3.05, 3.63) is 28.8 Å². The van der Waals surface area contributed by atoms with Crippen molar-refractivity contribution in [2.24, 2.45) is 29.4 Å². The Morgan fingerprint density at radius 3 is 2.41 bits per heavy atom. The molecule has 1 heterocycles. The average Bonchev–Trinajstić information content (AvgIpc) is 2.83. The highest BCUT2D eigenvalue weighted by atomic mass is 16.3. The minimum atomic E-state index is -2.70. The molecule has 3 aliphatic carbocycles. The fraction of sp³-hybridized carbons (Fsp3) is 0.593. The SMILES string of the molecule is CN(C)[C@@H]1C(=O)C(C(N)=O)C(=O)[C@@]2(O)C(=O)C3C(=O)c4c(O)ccc(CN5CCCCC5)c4C[C@H]3C[C@@H]12. The fourth-order valence-corrected chi connectivity index (χ4v) is 7.18. The molecule has 10 nitrogen and oxygen atoms in total. The molecule has 6 atom stereocenters. The summed E-state index contributed by atoms with van der Waals surface area (Å²) in [5.41, 5.74) is 4.29. The third kappa shape index (κ3) is 3.76. The number of primary amides is 1. The molecule has 1 saturated heterocycles. The number of amides is 1. The second-order valence-electron chi connectivity index (χ2n) is 11.2. The molecule has 1 aromatic carbocycles. The molecule has 2 unspecified atom stereocenters. The highest BCUT2D eigenvalue weighted by Crippen LogP contribution is 2.51. The highest BCUT2D eigenvalue weighted by Gasteiger charge is 2.69. The fourth-order valence-electron chi connectivity index (χ4n) is 7.18. The molecule has 0 bridgehead atoms. The summed E-state index contributed by atoms with van der Waals surface area (Å²) in [6.07, 6.45) is 3.73. The largest absolute Gasteiger partial charge is 0.507 e. The number of carbonyl (C=O) groups is 5. The Bertz CT molecular complexity index is 1200. The normalized spacial score (nSPS) is 34.2. The lowest BCUT2D eigenvalue weighted by atomic mass is 9.52. The van der Waals surface area contributed by atoms with Crippen LogP contribution in [0, 0.1) is 23.7 Å². The van der Waals surface area contributed by atoms with Gasteiger partial charge < -0.3 is 15.9 Å². The van der Waals surface area contributed by atoms with Crippen LogP contribution >= 0.6 is 0 Å². The van der Waals surface area contributed by atoms with E-state index in [1.54, 1.807) is 14.1 Å². The van der Waals surface area contributed by atoms with Gasteiger partial charge >= 0.3 is 0 Å². The van der Waals surface area contributed by atoms with Crippen molar-refractivity contribution >= 4 is 29.0 Å². The summed E-state index contributed by atoms with van der Waals surface area (Å²) < 4.78 is 0. The number of benzene rings is 1. The van der Waals surface area contributed by atoms with Crippen molar-refractivity contribution in [3.63, 3.8) is 0 Å². The third-order valence-corrected chi connectivity index (χ3v) is 8.88. The number of aromatic hydroxyl groups is 1.